The molecule has 0 bridgehead atoms. The van der Waals surface area contributed by atoms with E-state index in [4.69, 9.17) is 5.73 Å². The molecule has 7 heteroatoms. The number of halogens is 1. The van der Waals surface area contributed by atoms with Crippen LogP contribution in [0.3, 0.4) is 0 Å². The second-order valence-electron chi connectivity index (χ2n) is 5.94. The molecule has 0 spiro atoms. The lowest BCUT2D eigenvalue weighted by Crippen LogP contribution is -2.58. The van der Waals surface area contributed by atoms with Crippen molar-refractivity contribution in [3.63, 3.8) is 0 Å². The Balaban J connectivity index is 1.91. The van der Waals surface area contributed by atoms with Crippen molar-refractivity contribution < 1.29 is 14.0 Å². The van der Waals surface area contributed by atoms with Crippen LogP contribution in [0.2, 0.25) is 0 Å². The summed E-state index contributed by atoms with van der Waals surface area (Å²) >= 11 is 0. The van der Waals surface area contributed by atoms with Crippen LogP contribution >= 0.6 is 0 Å². The smallest absolute Gasteiger partial charge is 0.270 e. The van der Waals surface area contributed by atoms with Crippen molar-refractivity contribution in [2.24, 2.45) is 12.8 Å². The lowest BCUT2D eigenvalue weighted by atomic mass is 10.1. The highest BCUT2D eigenvalue weighted by molar-refractivity contribution is 5.99. The number of hydrogen-bond donors (Lipinski definition) is 1. The average molecular weight is 318 g/mol. The zero-order valence-electron chi connectivity index (χ0n) is 13.1. The molecular weight excluding hydrogens is 299 g/mol. The van der Waals surface area contributed by atoms with Gasteiger partial charge >= 0.3 is 0 Å². The molecule has 0 unspecified atom stereocenters. The summed E-state index contributed by atoms with van der Waals surface area (Å²) in [7, 11) is 3.59. The second-order valence-corrected chi connectivity index (χ2v) is 5.94. The molecule has 2 amide bonds. The fourth-order valence-corrected chi connectivity index (χ4v) is 3.05. The lowest BCUT2D eigenvalue weighted by molar-refractivity contribution is -0.124. The fourth-order valence-electron chi connectivity index (χ4n) is 3.05. The van der Waals surface area contributed by atoms with E-state index in [0.29, 0.717) is 24.2 Å². The van der Waals surface area contributed by atoms with Crippen molar-refractivity contribution in [3.05, 3.63) is 35.8 Å². The molecule has 1 atom stereocenters. The molecule has 1 saturated heterocycles. The highest BCUT2D eigenvalue weighted by atomic mass is 19.1. The normalized spacial score (nSPS) is 19.3. The quantitative estimate of drug-likeness (QED) is 0.879. The van der Waals surface area contributed by atoms with E-state index in [-0.39, 0.29) is 18.3 Å². The molecule has 122 valence electrons. The number of hydrogen-bond acceptors (Lipinski definition) is 3. The van der Waals surface area contributed by atoms with Gasteiger partial charge in [-0.2, -0.15) is 0 Å². The number of carbonyl (C=O) groups is 2. The van der Waals surface area contributed by atoms with Crippen LogP contribution in [0.5, 0.6) is 0 Å². The molecule has 1 aliphatic heterocycles. The third-order valence-corrected chi connectivity index (χ3v) is 4.49. The van der Waals surface area contributed by atoms with Crippen LogP contribution in [-0.4, -0.2) is 58.9 Å². The number of benzene rings is 1. The molecule has 1 aromatic carbocycles. The van der Waals surface area contributed by atoms with Gasteiger partial charge in [0.1, 0.15) is 17.6 Å². The Hall–Kier alpha value is -2.41. The number of primary amides is 1. The van der Waals surface area contributed by atoms with E-state index in [9.17, 15) is 14.0 Å². The fraction of sp³-hybridized carbons (Fsp3) is 0.375. The Morgan fingerprint density at radius 1 is 1.22 bits per heavy atom. The van der Waals surface area contributed by atoms with Gasteiger partial charge in [-0.25, -0.2) is 4.39 Å². The summed E-state index contributed by atoms with van der Waals surface area (Å²) in [6, 6.07) is 5.62. The molecule has 2 heterocycles. The van der Waals surface area contributed by atoms with Crippen molar-refractivity contribution in [2.45, 2.75) is 6.04 Å². The van der Waals surface area contributed by atoms with Crippen LogP contribution in [0, 0.1) is 5.82 Å². The van der Waals surface area contributed by atoms with Gasteiger partial charge in [-0.1, -0.05) is 0 Å². The Morgan fingerprint density at radius 2 is 1.96 bits per heavy atom. The molecule has 1 aromatic heterocycles. The number of rotatable bonds is 2. The number of aryl methyl sites for hydroxylation is 1. The first-order valence-electron chi connectivity index (χ1n) is 7.42. The molecule has 0 radical (unpaired) electrons. The SMILES string of the molecule is CN1CCN(C(=O)c2cc3cc(F)ccc3n2C)C[C@@H]1C(N)=O. The van der Waals surface area contributed by atoms with Gasteiger partial charge in [-0.15, -0.1) is 0 Å². The Kier molecular flexibility index (Phi) is 3.81. The Bertz CT molecular complexity index is 786. The van der Waals surface area contributed by atoms with Crippen LogP contribution in [0.25, 0.3) is 10.9 Å². The standard InChI is InChI=1S/C16H19FN4O2/c1-19-5-6-21(9-14(19)15(18)22)16(23)13-8-10-7-11(17)3-4-12(10)20(13)2/h3-4,7-8,14H,5-6,9H2,1-2H3,(H2,18,22)/t14-/m1/s1. The number of nitrogens with two attached hydrogens (primary N) is 1. The number of amides is 2. The Labute approximate surface area is 133 Å². The van der Waals surface area contributed by atoms with E-state index in [0.717, 1.165) is 5.52 Å². The van der Waals surface area contributed by atoms with Gasteiger partial charge < -0.3 is 15.2 Å². The van der Waals surface area contributed by atoms with Gasteiger partial charge in [0.2, 0.25) is 5.91 Å². The highest BCUT2D eigenvalue weighted by Gasteiger charge is 2.32. The molecule has 2 aromatic rings. The molecule has 3 rings (SSSR count). The van der Waals surface area contributed by atoms with E-state index in [1.165, 1.54) is 12.1 Å². The van der Waals surface area contributed by atoms with E-state index in [1.54, 1.807) is 28.6 Å². The molecule has 23 heavy (non-hydrogen) atoms. The summed E-state index contributed by atoms with van der Waals surface area (Å²) in [5.41, 5.74) is 6.66. The number of fused-ring (bicyclic) bond motifs is 1. The molecule has 1 fully saturated rings. The third kappa shape index (κ3) is 2.68. The molecule has 1 aliphatic rings. The number of aromatic nitrogens is 1. The van der Waals surface area contributed by atoms with Gasteiger partial charge in [0.15, 0.2) is 0 Å². The monoisotopic (exact) mass is 318 g/mol. The van der Waals surface area contributed by atoms with Crippen LogP contribution in [-0.2, 0) is 11.8 Å². The van der Waals surface area contributed by atoms with Crippen LogP contribution in [0.4, 0.5) is 4.39 Å². The molecule has 2 N–H and O–H groups in total. The predicted molar refractivity (Wildman–Crippen MR) is 84.4 cm³/mol. The highest BCUT2D eigenvalue weighted by Crippen LogP contribution is 2.22. The van der Waals surface area contributed by atoms with Gasteiger partial charge in [0, 0.05) is 37.6 Å². The summed E-state index contributed by atoms with van der Waals surface area (Å²) in [5.74, 6) is -0.955. The summed E-state index contributed by atoms with van der Waals surface area (Å²) in [5, 5.41) is 0.677. The first kappa shape index (κ1) is 15.5. The van der Waals surface area contributed by atoms with E-state index >= 15 is 0 Å². The molecule has 0 saturated carbocycles. The van der Waals surface area contributed by atoms with Crippen molar-refractivity contribution in [3.8, 4) is 0 Å². The van der Waals surface area contributed by atoms with Crippen LogP contribution in [0.15, 0.2) is 24.3 Å². The maximum Gasteiger partial charge on any atom is 0.270 e. The van der Waals surface area contributed by atoms with Gasteiger partial charge in [-0.05, 0) is 31.3 Å². The van der Waals surface area contributed by atoms with Crippen molar-refractivity contribution >= 4 is 22.7 Å². The first-order chi connectivity index (χ1) is 10.9. The first-order valence-corrected chi connectivity index (χ1v) is 7.42. The largest absolute Gasteiger partial charge is 0.368 e. The van der Waals surface area contributed by atoms with Crippen molar-refractivity contribution in [2.75, 3.05) is 26.7 Å². The molecule has 0 aliphatic carbocycles. The molecular formula is C16H19FN4O2. The minimum absolute atomic E-state index is 0.177. The predicted octanol–water partition coefficient (Wildman–Crippen LogP) is 0.559. The lowest BCUT2D eigenvalue weighted by Gasteiger charge is -2.37. The number of piperazine rings is 1. The minimum Gasteiger partial charge on any atom is -0.368 e. The van der Waals surface area contributed by atoms with Gasteiger partial charge in [0.05, 0.1) is 0 Å². The van der Waals surface area contributed by atoms with Crippen LogP contribution in [0.1, 0.15) is 10.5 Å². The van der Waals surface area contributed by atoms with Gasteiger partial charge in [-0.3, -0.25) is 14.5 Å². The molecule has 6 nitrogen and oxygen atoms in total. The van der Waals surface area contributed by atoms with E-state index in [1.807, 2.05) is 11.9 Å². The van der Waals surface area contributed by atoms with E-state index in [2.05, 4.69) is 0 Å². The number of nitrogens with zero attached hydrogens (tertiary/aromatic N) is 3. The topological polar surface area (TPSA) is 71.6 Å². The van der Waals surface area contributed by atoms with Crippen LogP contribution < -0.4 is 5.73 Å². The third-order valence-electron chi connectivity index (χ3n) is 4.49. The maximum absolute atomic E-state index is 13.4. The number of likely N-dealkylation sites (N-methyl/N-ethyl adjacent to an activating group) is 1. The summed E-state index contributed by atoms with van der Waals surface area (Å²) in [6.45, 7) is 1.37. The Morgan fingerprint density at radius 3 is 2.65 bits per heavy atom. The second kappa shape index (κ2) is 5.66. The number of carbonyl (C=O) groups excluding carboxylic acids is 2. The van der Waals surface area contributed by atoms with E-state index < -0.39 is 11.9 Å². The van der Waals surface area contributed by atoms with Gasteiger partial charge in [0.25, 0.3) is 5.91 Å². The zero-order valence-corrected chi connectivity index (χ0v) is 13.1. The van der Waals surface area contributed by atoms with Crippen molar-refractivity contribution in [1.82, 2.24) is 14.4 Å². The zero-order chi connectivity index (χ0) is 16.7. The summed E-state index contributed by atoms with van der Waals surface area (Å²) in [6.07, 6.45) is 0. The van der Waals surface area contributed by atoms with Crippen molar-refractivity contribution in [1.29, 1.82) is 0 Å². The maximum atomic E-state index is 13.4. The summed E-state index contributed by atoms with van der Waals surface area (Å²) in [4.78, 5) is 27.8. The summed E-state index contributed by atoms with van der Waals surface area (Å²) < 4.78 is 15.1. The average Bonchev–Trinajstić information content (AvgIpc) is 2.83. The minimum atomic E-state index is -0.486.